The molecule has 0 amide bonds. The van der Waals surface area contributed by atoms with Gasteiger partial charge in [0.15, 0.2) is 12.4 Å². The summed E-state index contributed by atoms with van der Waals surface area (Å²) in [6.07, 6.45) is 7.23. The van der Waals surface area contributed by atoms with Gasteiger partial charge in [-0.1, -0.05) is 27.2 Å². The van der Waals surface area contributed by atoms with E-state index in [1.165, 1.54) is 12.8 Å². The standard InChI is InChI=1S/C17H26NO2/c1-12(2)15-6-5-13(3)11-16(15)20-17(19)14-7-9-18(4)10-8-14/h7-10,12-13,15-16H,5-6,11H2,1-4H3/q+1/t13-,15+,16+/m0/s1. The lowest BCUT2D eigenvalue weighted by atomic mass is 9.75. The van der Waals surface area contributed by atoms with Gasteiger partial charge in [-0.05, 0) is 30.6 Å². The number of hydrogen-bond acceptors (Lipinski definition) is 2. The number of ether oxygens (including phenoxy) is 1. The van der Waals surface area contributed by atoms with Gasteiger partial charge in [-0.2, -0.15) is 0 Å². The van der Waals surface area contributed by atoms with Gasteiger partial charge in [0.05, 0.1) is 5.56 Å². The molecule has 20 heavy (non-hydrogen) atoms. The molecule has 1 aromatic rings. The van der Waals surface area contributed by atoms with Gasteiger partial charge in [0.1, 0.15) is 13.2 Å². The van der Waals surface area contributed by atoms with E-state index in [-0.39, 0.29) is 12.1 Å². The molecule has 3 atom stereocenters. The maximum Gasteiger partial charge on any atom is 0.338 e. The summed E-state index contributed by atoms with van der Waals surface area (Å²) in [5.74, 6) is 1.52. The summed E-state index contributed by atoms with van der Waals surface area (Å²) in [4.78, 5) is 12.3. The van der Waals surface area contributed by atoms with Crippen molar-refractivity contribution in [1.29, 1.82) is 0 Å². The molecule has 1 saturated carbocycles. The van der Waals surface area contributed by atoms with Gasteiger partial charge >= 0.3 is 5.97 Å². The molecule has 2 rings (SSSR count). The van der Waals surface area contributed by atoms with E-state index in [0.29, 0.717) is 23.3 Å². The highest BCUT2D eigenvalue weighted by molar-refractivity contribution is 5.89. The summed E-state index contributed by atoms with van der Waals surface area (Å²) in [6, 6.07) is 3.64. The number of esters is 1. The zero-order valence-electron chi connectivity index (χ0n) is 13.0. The van der Waals surface area contributed by atoms with Crippen molar-refractivity contribution >= 4 is 5.97 Å². The van der Waals surface area contributed by atoms with Crippen molar-refractivity contribution in [3.8, 4) is 0 Å². The lowest BCUT2D eigenvalue weighted by molar-refractivity contribution is -0.671. The summed E-state index contributed by atoms with van der Waals surface area (Å²) in [5.41, 5.74) is 0.642. The fourth-order valence-corrected chi connectivity index (χ4v) is 3.09. The molecule has 3 heteroatoms. The third-order valence-corrected chi connectivity index (χ3v) is 4.43. The van der Waals surface area contributed by atoms with Crippen LogP contribution in [0.1, 0.15) is 50.4 Å². The van der Waals surface area contributed by atoms with Gasteiger partial charge in [-0.3, -0.25) is 0 Å². The van der Waals surface area contributed by atoms with Crippen LogP contribution >= 0.6 is 0 Å². The zero-order chi connectivity index (χ0) is 14.7. The van der Waals surface area contributed by atoms with Crippen LogP contribution in [0.25, 0.3) is 0 Å². The number of pyridine rings is 1. The van der Waals surface area contributed by atoms with Crippen molar-refractivity contribution in [2.45, 2.75) is 46.1 Å². The number of nitrogens with zero attached hydrogens (tertiary/aromatic N) is 1. The maximum atomic E-state index is 12.3. The minimum Gasteiger partial charge on any atom is -0.458 e. The molecule has 1 aliphatic carbocycles. The van der Waals surface area contributed by atoms with Crippen LogP contribution < -0.4 is 4.57 Å². The Morgan fingerprint density at radius 2 is 1.95 bits per heavy atom. The van der Waals surface area contributed by atoms with E-state index in [9.17, 15) is 4.79 Å². The number of carbonyl (C=O) groups excluding carboxylic acids is 1. The first kappa shape index (κ1) is 15.0. The molecule has 3 nitrogen and oxygen atoms in total. The van der Waals surface area contributed by atoms with Crippen LogP contribution in [0.2, 0.25) is 0 Å². The topological polar surface area (TPSA) is 30.2 Å². The van der Waals surface area contributed by atoms with E-state index < -0.39 is 0 Å². The van der Waals surface area contributed by atoms with Gasteiger partial charge in [0.25, 0.3) is 0 Å². The monoisotopic (exact) mass is 276 g/mol. The summed E-state index contributed by atoms with van der Waals surface area (Å²) in [5, 5.41) is 0. The molecule has 0 radical (unpaired) electrons. The van der Waals surface area contributed by atoms with Crippen molar-refractivity contribution < 1.29 is 14.1 Å². The van der Waals surface area contributed by atoms with E-state index in [1.807, 2.05) is 36.1 Å². The smallest absolute Gasteiger partial charge is 0.338 e. The van der Waals surface area contributed by atoms with E-state index in [4.69, 9.17) is 4.74 Å². The number of hydrogen-bond donors (Lipinski definition) is 0. The Bertz CT molecular complexity index is 453. The van der Waals surface area contributed by atoms with Crippen molar-refractivity contribution in [3.63, 3.8) is 0 Å². The highest BCUT2D eigenvalue weighted by Gasteiger charge is 2.33. The van der Waals surface area contributed by atoms with Crippen LogP contribution in [0.15, 0.2) is 24.5 Å². The van der Waals surface area contributed by atoms with Crippen LogP contribution in [-0.2, 0) is 11.8 Å². The molecule has 0 saturated heterocycles. The average molecular weight is 276 g/mol. The Kier molecular flexibility index (Phi) is 4.79. The Morgan fingerprint density at radius 3 is 2.55 bits per heavy atom. The van der Waals surface area contributed by atoms with Gasteiger partial charge in [-0.25, -0.2) is 9.36 Å². The SMILES string of the molecule is CC(C)[C@H]1CC[C@H](C)C[C@H]1OC(=O)c1cc[n+](C)cc1. The third kappa shape index (κ3) is 3.59. The molecule has 0 spiro atoms. The van der Waals surface area contributed by atoms with Crippen molar-refractivity contribution in [1.82, 2.24) is 0 Å². The predicted molar refractivity (Wildman–Crippen MR) is 78.2 cm³/mol. The van der Waals surface area contributed by atoms with E-state index in [0.717, 1.165) is 6.42 Å². The quantitative estimate of drug-likeness (QED) is 0.627. The van der Waals surface area contributed by atoms with Crippen molar-refractivity contribution in [2.24, 2.45) is 24.8 Å². The second kappa shape index (κ2) is 6.38. The minimum absolute atomic E-state index is 0.0696. The molecule has 0 aromatic carbocycles. The van der Waals surface area contributed by atoms with E-state index >= 15 is 0 Å². The Hall–Kier alpha value is -1.38. The molecule has 0 aliphatic heterocycles. The van der Waals surface area contributed by atoms with E-state index in [1.54, 1.807) is 0 Å². The van der Waals surface area contributed by atoms with E-state index in [2.05, 4.69) is 20.8 Å². The highest BCUT2D eigenvalue weighted by Crippen LogP contribution is 2.35. The molecule has 1 heterocycles. The summed E-state index contributed by atoms with van der Waals surface area (Å²) < 4.78 is 7.73. The zero-order valence-corrected chi connectivity index (χ0v) is 13.0. The Morgan fingerprint density at radius 1 is 1.30 bits per heavy atom. The number of aromatic nitrogens is 1. The minimum atomic E-state index is -0.185. The number of rotatable bonds is 3. The van der Waals surface area contributed by atoms with Crippen LogP contribution in [0.4, 0.5) is 0 Å². The lowest BCUT2D eigenvalue weighted by Crippen LogP contribution is -2.36. The first-order valence-electron chi connectivity index (χ1n) is 7.63. The van der Waals surface area contributed by atoms with Gasteiger partial charge in [0.2, 0.25) is 0 Å². The van der Waals surface area contributed by atoms with Crippen LogP contribution in [-0.4, -0.2) is 12.1 Å². The molecule has 0 unspecified atom stereocenters. The second-order valence-electron chi connectivity index (χ2n) is 6.52. The maximum absolute atomic E-state index is 12.3. The largest absolute Gasteiger partial charge is 0.458 e. The molecule has 1 aliphatic rings. The normalized spacial score (nSPS) is 26.6. The first-order valence-corrected chi connectivity index (χ1v) is 7.63. The van der Waals surface area contributed by atoms with Crippen molar-refractivity contribution in [3.05, 3.63) is 30.1 Å². The van der Waals surface area contributed by atoms with Crippen LogP contribution in [0.5, 0.6) is 0 Å². The average Bonchev–Trinajstić information content (AvgIpc) is 2.39. The molecular formula is C17H26NO2+. The lowest BCUT2D eigenvalue weighted by Gasteiger charge is -2.36. The molecular weight excluding hydrogens is 250 g/mol. The molecule has 1 aromatic heterocycles. The molecule has 0 N–H and O–H groups in total. The first-order chi connectivity index (χ1) is 9.47. The molecule has 0 bridgehead atoms. The molecule has 110 valence electrons. The van der Waals surface area contributed by atoms with Gasteiger partial charge < -0.3 is 4.74 Å². The Balaban J connectivity index is 2.05. The van der Waals surface area contributed by atoms with Gasteiger partial charge in [0, 0.05) is 12.1 Å². The predicted octanol–water partition coefficient (Wildman–Crippen LogP) is 3.13. The van der Waals surface area contributed by atoms with Crippen LogP contribution in [0.3, 0.4) is 0 Å². The number of aryl methyl sites for hydroxylation is 1. The van der Waals surface area contributed by atoms with Gasteiger partial charge in [-0.15, -0.1) is 0 Å². The third-order valence-electron chi connectivity index (χ3n) is 4.43. The van der Waals surface area contributed by atoms with Crippen LogP contribution in [0, 0.1) is 17.8 Å². The van der Waals surface area contributed by atoms with Crippen molar-refractivity contribution in [2.75, 3.05) is 0 Å². The summed E-state index contributed by atoms with van der Waals surface area (Å²) in [6.45, 7) is 6.70. The highest BCUT2D eigenvalue weighted by atomic mass is 16.5. The fraction of sp³-hybridized carbons (Fsp3) is 0.647. The Labute approximate surface area is 122 Å². The number of carbonyl (C=O) groups is 1. The fourth-order valence-electron chi connectivity index (χ4n) is 3.09. The summed E-state index contributed by atoms with van der Waals surface area (Å²) in [7, 11) is 1.94. The summed E-state index contributed by atoms with van der Waals surface area (Å²) >= 11 is 0. The molecule has 1 fully saturated rings. The second-order valence-corrected chi connectivity index (χ2v) is 6.52.